The summed E-state index contributed by atoms with van der Waals surface area (Å²) in [4.78, 5) is 3.96. The maximum absolute atomic E-state index is 12.0. The van der Waals surface area contributed by atoms with Gasteiger partial charge in [0, 0.05) is 18.1 Å². The first-order chi connectivity index (χ1) is 8.62. The number of benzene rings is 1. The topological polar surface area (TPSA) is 59.1 Å². The molecule has 2 rings (SSSR count). The number of nitrogens with zero attached hydrogens (tertiary/aromatic N) is 1. The van der Waals surface area contributed by atoms with E-state index in [0.717, 1.165) is 6.42 Å². The zero-order valence-electron chi connectivity index (χ0n) is 10.00. The van der Waals surface area contributed by atoms with Crippen LogP contribution in [0.5, 0.6) is 0 Å². The highest BCUT2D eigenvalue weighted by Gasteiger charge is 2.13. The van der Waals surface area contributed by atoms with E-state index < -0.39 is 10.0 Å². The van der Waals surface area contributed by atoms with Crippen LogP contribution in [0.2, 0.25) is 0 Å². The Morgan fingerprint density at radius 3 is 2.44 bits per heavy atom. The minimum atomic E-state index is -3.55. The lowest BCUT2D eigenvalue weighted by atomic mass is 10.2. The molecule has 0 aliphatic heterocycles. The normalized spacial score (nSPS) is 11.2. The summed E-state index contributed by atoms with van der Waals surface area (Å²) in [6.07, 6.45) is 3.79. The zero-order chi connectivity index (χ0) is 13.0. The van der Waals surface area contributed by atoms with Crippen LogP contribution < -0.4 is 4.72 Å². The Balaban J connectivity index is 2.22. The zero-order valence-corrected chi connectivity index (χ0v) is 10.8. The molecule has 2 aromatic rings. The van der Waals surface area contributed by atoms with Crippen LogP contribution in [0.1, 0.15) is 12.5 Å². The Bertz CT molecular complexity index is 607. The fourth-order valence-corrected chi connectivity index (χ4v) is 2.55. The third-order valence-corrected chi connectivity index (χ3v) is 3.93. The maximum Gasteiger partial charge on any atom is 0.263 e. The predicted octanol–water partition coefficient (Wildman–Crippen LogP) is 2.44. The van der Waals surface area contributed by atoms with Crippen LogP contribution in [0.4, 0.5) is 5.69 Å². The molecule has 0 aliphatic rings. The molecule has 1 aromatic heterocycles. The molecule has 5 heteroatoms. The van der Waals surface area contributed by atoms with E-state index in [9.17, 15) is 8.42 Å². The summed E-state index contributed by atoms with van der Waals surface area (Å²) in [6.45, 7) is 2.05. The average molecular weight is 262 g/mol. The van der Waals surface area contributed by atoms with E-state index in [1.165, 1.54) is 24.0 Å². The summed E-state index contributed by atoms with van der Waals surface area (Å²) in [6, 6.07) is 10.4. The molecule has 1 heterocycles. The molecule has 0 spiro atoms. The van der Waals surface area contributed by atoms with Gasteiger partial charge in [-0.3, -0.25) is 9.71 Å². The van der Waals surface area contributed by atoms with E-state index in [2.05, 4.69) is 16.6 Å². The quantitative estimate of drug-likeness (QED) is 0.920. The second-order valence-corrected chi connectivity index (χ2v) is 5.53. The van der Waals surface area contributed by atoms with Gasteiger partial charge in [0.15, 0.2) is 0 Å². The second kappa shape index (κ2) is 5.18. The largest absolute Gasteiger partial charge is 0.280 e. The molecule has 1 aromatic carbocycles. The van der Waals surface area contributed by atoms with Crippen molar-refractivity contribution in [2.75, 3.05) is 4.72 Å². The van der Waals surface area contributed by atoms with Crippen LogP contribution in [0.25, 0.3) is 0 Å². The number of pyridine rings is 1. The van der Waals surface area contributed by atoms with Gasteiger partial charge in [0.2, 0.25) is 0 Å². The molecule has 18 heavy (non-hydrogen) atoms. The lowest BCUT2D eigenvalue weighted by Crippen LogP contribution is -2.13. The Labute approximate surface area is 107 Å². The lowest BCUT2D eigenvalue weighted by Gasteiger charge is -2.08. The van der Waals surface area contributed by atoms with Gasteiger partial charge in [0.25, 0.3) is 10.0 Å². The van der Waals surface area contributed by atoms with Crippen LogP contribution in [-0.2, 0) is 16.4 Å². The Morgan fingerprint density at radius 2 is 1.89 bits per heavy atom. The van der Waals surface area contributed by atoms with Crippen molar-refractivity contribution in [2.45, 2.75) is 18.2 Å². The summed E-state index contributed by atoms with van der Waals surface area (Å²) in [7, 11) is -3.55. The third kappa shape index (κ3) is 2.87. The number of anilines is 1. The van der Waals surface area contributed by atoms with Crippen molar-refractivity contribution in [1.82, 2.24) is 4.98 Å². The number of aromatic nitrogens is 1. The van der Waals surface area contributed by atoms with E-state index in [1.54, 1.807) is 18.2 Å². The molecule has 0 amide bonds. The molecule has 0 bridgehead atoms. The van der Waals surface area contributed by atoms with Gasteiger partial charge in [-0.25, -0.2) is 8.42 Å². The standard InChI is InChI=1S/C13H14N2O2S/c1-2-11-5-7-12(8-6-11)15-18(16,17)13-4-3-9-14-10-13/h3-10,15H,2H2,1H3. The monoisotopic (exact) mass is 262 g/mol. The van der Waals surface area contributed by atoms with Crippen molar-refractivity contribution in [1.29, 1.82) is 0 Å². The molecule has 4 nitrogen and oxygen atoms in total. The molecule has 0 radical (unpaired) electrons. The van der Waals surface area contributed by atoms with E-state index in [4.69, 9.17) is 0 Å². The molecule has 0 fully saturated rings. The van der Waals surface area contributed by atoms with E-state index in [0.29, 0.717) is 5.69 Å². The number of hydrogen-bond donors (Lipinski definition) is 1. The van der Waals surface area contributed by atoms with Crippen LogP contribution in [0, 0.1) is 0 Å². The molecular formula is C13H14N2O2S. The Kier molecular flexibility index (Phi) is 3.62. The SMILES string of the molecule is CCc1ccc(NS(=O)(=O)c2cccnc2)cc1. The van der Waals surface area contributed by atoms with Crippen molar-refractivity contribution in [3.63, 3.8) is 0 Å². The van der Waals surface area contributed by atoms with Gasteiger partial charge >= 0.3 is 0 Å². The van der Waals surface area contributed by atoms with E-state index in [-0.39, 0.29) is 4.90 Å². The fraction of sp³-hybridized carbons (Fsp3) is 0.154. The molecule has 0 saturated heterocycles. The first-order valence-corrected chi connectivity index (χ1v) is 7.12. The van der Waals surface area contributed by atoms with Gasteiger partial charge in [0.1, 0.15) is 4.90 Å². The van der Waals surface area contributed by atoms with Crippen molar-refractivity contribution in [3.8, 4) is 0 Å². The minimum absolute atomic E-state index is 0.157. The van der Waals surface area contributed by atoms with Gasteiger partial charge in [-0.1, -0.05) is 19.1 Å². The fourth-order valence-electron chi connectivity index (χ4n) is 1.53. The maximum atomic E-state index is 12.0. The van der Waals surface area contributed by atoms with Crippen molar-refractivity contribution in [3.05, 3.63) is 54.4 Å². The van der Waals surface area contributed by atoms with Crippen molar-refractivity contribution < 1.29 is 8.42 Å². The van der Waals surface area contributed by atoms with E-state index in [1.807, 2.05) is 12.1 Å². The van der Waals surface area contributed by atoms with E-state index >= 15 is 0 Å². The number of rotatable bonds is 4. The Hall–Kier alpha value is -1.88. The highest BCUT2D eigenvalue weighted by atomic mass is 32.2. The summed E-state index contributed by atoms with van der Waals surface area (Å²) in [5.41, 5.74) is 1.72. The number of nitrogens with one attached hydrogen (secondary N) is 1. The smallest absolute Gasteiger partial charge is 0.263 e. The number of sulfonamides is 1. The van der Waals surface area contributed by atoms with Crippen LogP contribution >= 0.6 is 0 Å². The van der Waals surface area contributed by atoms with Gasteiger partial charge < -0.3 is 0 Å². The van der Waals surface area contributed by atoms with Gasteiger partial charge in [-0.15, -0.1) is 0 Å². The summed E-state index contributed by atoms with van der Waals surface area (Å²) < 4.78 is 26.5. The van der Waals surface area contributed by atoms with Gasteiger partial charge in [-0.2, -0.15) is 0 Å². The first kappa shape index (κ1) is 12.6. The highest BCUT2D eigenvalue weighted by molar-refractivity contribution is 7.92. The van der Waals surface area contributed by atoms with Crippen LogP contribution in [0.3, 0.4) is 0 Å². The molecule has 0 aliphatic carbocycles. The molecule has 0 saturated carbocycles. The Morgan fingerprint density at radius 1 is 1.17 bits per heavy atom. The highest BCUT2D eigenvalue weighted by Crippen LogP contribution is 2.15. The number of aryl methyl sites for hydroxylation is 1. The van der Waals surface area contributed by atoms with Gasteiger partial charge in [0.05, 0.1) is 0 Å². The van der Waals surface area contributed by atoms with Gasteiger partial charge in [-0.05, 0) is 36.2 Å². The molecule has 0 unspecified atom stereocenters. The first-order valence-electron chi connectivity index (χ1n) is 5.63. The minimum Gasteiger partial charge on any atom is -0.280 e. The summed E-state index contributed by atoms with van der Waals surface area (Å²) in [5, 5.41) is 0. The average Bonchev–Trinajstić information content (AvgIpc) is 2.40. The second-order valence-electron chi connectivity index (χ2n) is 3.84. The number of hydrogen-bond acceptors (Lipinski definition) is 3. The molecule has 1 N–H and O–H groups in total. The van der Waals surface area contributed by atoms with Crippen molar-refractivity contribution >= 4 is 15.7 Å². The van der Waals surface area contributed by atoms with Crippen LogP contribution in [-0.4, -0.2) is 13.4 Å². The molecule has 94 valence electrons. The summed E-state index contributed by atoms with van der Waals surface area (Å²) >= 11 is 0. The third-order valence-electron chi connectivity index (χ3n) is 2.56. The molecule has 0 atom stereocenters. The summed E-state index contributed by atoms with van der Waals surface area (Å²) in [5.74, 6) is 0. The lowest BCUT2D eigenvalue weighted by molar-refractivity contribution is 0.601. The predicted molar refractivity (Wildman–Crippen MR) is 70.9 cm³/mol. The van der Waals surface area contributed by atoms with Crippen LogP contribution in [0.15, 0.2) is 53.7 Å². The molecular weight excluding hydrogens is 248 g/mol. The van der Waals surface area contributed by atoms with Crippen molar-refractivity contribution in [2.24, 2.45) is 0 Å².